The number of nitro groups is 1. The van der Waals surface area contributed by atoms with Crippen LogP contribution in [0.1, 0.15) is 10.4 Å². The van der Waals surface area contributed by atoms with Gasteiger partial charge in [0.05, 0.1) is 33.8 Å². The Bertz CT molecular complexity index is 932. The number of nitrogens with zero attached hydrogens (tertiary/aromatic N) is 3. The molecular formula is C17H13N3O4S. The molecule has 2 heterocycles. The van der Waals surface area contributed by atoms with Crippen molar-refractivity contribution in [2.75, 3.05) is 18.0 Å². The van der Waals surface area contributed by atoms with Gasteiger partial charge in [-0.2, -0.15) is 0 Å². The zero-order valence-corrected chi connectivity index (χ0v) is 13.8. The summed E-state index contributed by atoms with van der Waals surface area (Å²) in [5.74, 6) is -0.544. The Hall–Kier alpha value is -3.00. The highest BCUT2D eigenvalue weighted by atomic mass is 32.1. The van der Waals surface area contributed by atoms with Crippen LogP contribution in [0.5, 0.6) is 0 Å². The Morgan fingerprint density at radius 1 is 1.24 bits per heavy atom. The van der Waals surface area contributed by atoms with Crippen LogP contribution in [-0.4, -0.2) is 35.1 Å². The number of nitro benzene ring substituents is 1. The first-order valence-electron chi connectivity index (χ1n) is 7.66. The largest absolute Gasteiger partial charge is 0.455 e. The lowest BCUT2D eigenvalue weighted by molar-refractivity contribution is -0.384. The fourth-order valence-electron chi connectivity index (χ4n) is 2.63. The quantitative estimate of drug-likeness (QED) is 0.406. The van der Waals surface area contributed by atoms with Crippen LogP contribution >= 0.6 is 11.3 Å². The Balaban J connectivity index is 1.38. The van der Waals surface area contributed by atoms with E-state index in [1.54, 1.807) is 11.3 Å². The summed E-state index contributed by atoms with van der Waals surface area (Å²) in [5.41, 5.74) is 1.02. The number of para-hydroxylation sites is 1. The van der Waals surface area contributed by atoms with Crippen molar-refractivity contribution in [2.24, 2.45) is 0 Å². The third kappa shape index (κ3) is 3.03. The maximum Gasteiger partial charge on any atom is 0.338 e. The molecule has 0 aliphatic carbocycles. The fraction of sp³-hybridized carbons (Fsp3) is 0.176. The maximum absolute atomic E-state index is 12.1. The van der Waals surface area contributed by atoms with Gasteiger partial charge in [-0.05, 0) is 18.2 Å². The summed E-state index contributed by atoms with van der Waals surface area (Å²) < 4.78 is 6.53. The van der Waals surface area contributed by atoms with E-state index in [0.717, 1.165) is 15.3 Å². The molecular weight excluding hydrogens is 342 g/mol. The van der Waals surface area contributed by atoms with Crippen LogP contribution in [0.3, 0.4) is 0 Å². The minimum absolute atomic E-state index is 0.126. The number of ether oxygens (including phenoxy) is 1. The van der Waals surface area contributed by atoms with E-state index in [1.165, 1.54) is 24.3 Å². The van der Waals surface area contributed by atoms with Crippen LogP contribution in [-0.2, 0) is 4.74 Å². The van der Waals surface area contributed by atoms with Gasteiger partial charge in [-0.3, -0.25) is 10.1 Å². The molecule has 0 saturated carbocycles. The molecule has 7 nitrogen and oxygen atoms in total. The van der Waals surface area contributed by atoms with Crippen LogP contribution in [0, 0.1) is 10.1 Å². The number of rotatable bonds is 4. The summed E-state index contributed by atoms with van der Waals surface area (Å²) in [6, 6.07) is 13.5. The average molecular weight is 355 g/mol. The second-order valence-corrected chi connectivity index (χ2v) is 6.71. The molecule has 0 radical (unpaired) electrons. The predicted molar refractivity (Wildman–Crippen MR) is 94.1 cm³/mol. The smallest absolute Gasteiger partial charge is 0.338 e. The molecule has 1 fully saturated rings. The number of aromatic nitrogens is 1. The molecule has 0 bridgehead atoms. The van der Waals surface area contributed by atoms with E-state index in [9.17, 15) is 14.9 Å². The van der Waals surface area contributed by atoms with Gasteiger partial charge in [0.15, 0.2) is 5.13 Å². The number of esters is 1. The molecule has 0 spiro atoms. The monoisotopic (exact) mass is 355 g/mol. The molecule has 1 aromatic heterocycles. The second kappa shape index (κ2) is 6.14. The molecule has 0 atom stereocenters. The molecule has 1 aliphatic rings. The lowest BCUT2D eigenvalue weighted by Crippen LogP contribution is -2.53. The summed E-state index contributed by atoms with van der Waals surface area (Å²) in [7, 11) is 0. The Morgan fingerprint density at radius 2 is 2.04 bits per heavy atom. The topological polar surface area (TPSA) is 85.6 Å². The summed E-state index contributed by atoms with van der Waals surface area (Å²) in [6.07, 6.45) is -0.237. The van der Waals surface area contributed by atoms with Crippen molar-refractivity contribution in [1.29, 1.82) is 0 Å². The van der Waals surface area contributed by atoms with Gasteiger partial charge in [-0.25, -0.2) is 9.78 Å². The number of fused-ring (bicyclic) bond motifs is 1. The molecule has 0 N–H and O–H groups in total. The van der Waals surface area contributed by atoms with Crippen molar-refractivity contribution in [2.45, 2.75) is 6.10 Å². The van der Waals surface area contributed by atoms with Gasteiger partial charge >= 0.3 is 5.97 Å². The van der Waals surface area contributed by atoms with Crippen LogP contribution < -0.4 is 4.90 Å². The second-order valence-electron chi connectivity index (χ2n) is 5.70. The molecule has 3 aromatic rings. The molecule has 25 heavy (non-hydrogen) atoms. The van der Waals surface area contributed by atoms with E-state index in [0.29, 0.717) is 13.1 Å². The van der Waals surface area contributed by atoms with Crippen LogP contribution in [0.2, 0.25) is 0 Å². The number of non-ortho nitro benzene ring substituents is 1. The normalized spacial score (nSPS) is 14.3. The number of thiazole rings is 1. The molecule has 0 amide bonds. The zero-order chi connectivity index (χ0) is 17.4. The number of hydrogen-bond donors (Lipinski definition) is 0. The van der Waals surface area contributed by atoms with Crippen molar-refractivity contribution in [1.82, 2.24) is 4.98 Å². The van der Waals surface area contributed by atoms with E-state index < -0.39 is 10.9 Å². The third-order valence-electron chi connectivity index (χ3n) is 3.97. The first kappa shape index (κ1) is 15.5. The minimum atomic E-state index is -0.544. The lowest BCUT2D eigenvalue weighted by Gasteiger charge is -2.38. The van der Waals surface area contributed by atoms with Gasteiger partial charge in [0, 0.05) is 12.1 Å². The lowest BCUT2D eigenvalue weighted by atomic mass is 10.1. The van der Waals surface area contributed by atoms with E-state index in [4.69, 9.17) is 4.74 Å². The first-order valence-corrected chi connectivity index (χ1v) is 8.48. The van der Waals surface area contributed by atoms with Crippen molar-refractivity contribution in [3.05, 3.63) is 64.2 Å². The minimum Gasteiger partial charge on any atom is -0.455 e. The van der Waals surface area contributed by atoms with Crippen molar-refractivity contribution in [3.8, 4) is 0 Å². The molecule has 8 heteroatoms. The summed E-state index contributed by atoms with van der Waals surface area (Å²) in [4.78, 5) is 29.0. The van der Waals surface area contributed by atoms with Gasteiger partial charge < -0.3 is 9.64 Å². The standard InChI is InChI=1S/C17H13N3O4S/c21-16(11-4-3-5-12(8-11)20(22)23)24-13-9-19(10-13)17-18-14-6-1-2-7-15(14)25-17/h1-8,13H,9-10H2. The molecule has 126 valence electrons. The third-order valence-corrected chi connectivity index (χ3v) is 5.06. The highest BCUT2D eigenvalue weighted by molar-refractivity contribution is 7.22. The Kier molecular flexibility index (Phi) is 3.81. The molecule has 2 aromatic carbocycles. The molecule has 4 rings (SSSR count). The molecule has 1 aliphatic heterocycles. The summed E-state index contributed by atoms with van der Waals surface area (Å²) in [6.45, 7) is 1.14. The van der Waals surface area contributed by atoms with Gasteiger partial charge in [-0.15, -0.1) is 0 Å². The van der Waals surface area contributed by atoms with Crippen LogP contribution in [0.25, 0.3) is 10.2 Å². The highest BCUT2D eigenvalue weighted by Gasteiger charge is 2.32. The number of hydrogen-bond acceptors (Lipinski definition) is 7. The molecule has 0 unspecified atom stereocenters. The predicted octanol–water partition coefficient (Wildman–Crippen LogP) is 3.25. The number of carbonyl (C=O) groups excluding carboxylic acids is 1. The number of anilines is 1. The summed E-state index contributed by atoms with van der Waals surface area (Å²) >= 11 is 1.60. The van der Waals surface area contributed by atoms with Crippen LogP contribution in [0.15, 0.2) is 48.5 Å². The van der Waals surface area contributed by atoms with E-state index in [1.807, 2.05) is 24.3 Å². The highest BCUT2D eigenvalue weighted by Crippen LogP contribution is 2.32. The summed E-state index contributed by atoms with van der Waals surface area (Å²) in [5, 5.41) is 11.7. The zero-order valence-electron chi connectivity index (χ0n) is 13.0. The van der Waals surface area contributed by atoms with Gasteiger partial charge in [0.1, 0.15) is 6.10 Å². The Labute approximate surface area is 146 Å². The van der Waals surface area contributed by atoms with Crippen molar-refractivity contribution >= 4 is 38.3 Å². The Morgan fingerprint density at radius 3 is 2.80 bits per heavy atom. The SMILES string of the molecule is O=C(OC1CN(c2nc3ccccc3s2)C1)c1cccc([N+](=O)[O-])c1. The van der Waals surface area contributed by atoms with E-state index in [-0.39, 0.29) is 17.4 Å². The number of carbonyl (C=O) groups is 1. The van der Waals surface area contributed by atoms with Crippen molar-refractivity contribution < 1.29 is 14.5 Å². The first-order chi connectivity index (χ1) is 12.1. The van der Waals surface area contributed by atoms with Crippen molar-refractivity contribution in [3.63, 3.8) is 0 Å². The van der Waals surface area contributed by atoms with Gasteiger partial charge in [-0.1, -0.05) is 29.5 Å². The van der Waals surface area contributed by atoms with Crippen LogP contribution in [0.4, 0.5) is 10.8 Å². The van der Waals surface area contributed by atoms with Gasteiger partial charge in [0.2, 0.25) is 0 Å². The van der Waals surface area contributed by atoms with Gasteiger partial charge in [0.25, 0.3) is 5.69 Å². The fourth-order valence-corrected chi connectivity index (χ4v) is 3.61. The van der Waals surface area contributed by atoms with E-state index >= 15 is 0 Å². The van der Waals surface area contributed by atoms with E-state index in [2.05, 4.69) is 9.88 Å². The maximum atomic E-state index is 12.1. The average Bonchev–Trinajstić information content (AvgIpc) is 3.01. The number of benzene rings is 2. The molecule has 1 saturated heterocycles.